The first-order valence-corrected chi connectivity index (χ1v) is 8.16. The van der Waals surface area contributed by atoms with Crippen molar-refractivity contribution in [3.05, 3.63) is 42.5 Å². The van der Waals surface area contributed by atoms with E-state index in [2.05, 4.69) is 27.1 Å². The Kier molecular flexibility index (Phi) is 5.10. The molecule has 1 fully saturated rings. The molecule has 1 aliphatic rings. The second-order valence-electron chi connectivity index (χ2n) is 5.97. The lowest BCUT2D eigenvalue weighted by atomic mass is 10.1. The van der Waals surface area contributed by atoms with Gasteiger partial charge in [0.2, 0.25) is 5.91 Å². The highest BCUT2D eigenvalue weighted by Gasteiger charge is 2.21. The molecule has 3 rings (SSSR count). The SMILES string of the molecule is C[C@H](C(=O)N(C)Cc1ccccc1N1CCOCC1)n1cncn1. The fourth-order valence-corrected chi connectivity index (χ4v) is 2.94. The Bertz CT molecular complexity index is 667. The molecule has 0 saturated carbocycles. The number of anilines is 1. The number of morpholine rings is 1. The van der Waals surface area contributed by atoms with Crippen LogP contribution in [0, 0.1) is 0 Å². The largest absolute Gasteiger partial charge is 0.378 e. The first-order valence-electron chi connectivity index (χ1n) is 8.16. The highest BCUT2D eigenvalue weighted by molar-refractivity contribution is 5.79. The van der Waals surface area contributed by atoms with E-state index in [1.807, 2.05) is 26.1 Å². The van der Waals surface area contributed by atoms with E-state index in [0.717, 1.165) is 31.9 Å². The number of amides is 1. The van der Waals surface area contributed by atoms with Gasteiger partial charge in [-0.05, 0) is 18.6 Å². The van der Waals surface area contributed by atoms with Gasteiger partial charge < -0.3 is 14.5 Å². The van der Waals surface area contributed by atoms with E-state index in [1.165, 1.54) is 12.0 Å². The maximum Gasteiger partial charge on any atom is 0.247 e. The molecular weight excluding hydrogens is 306 g/mol. The van der Waals surface area contributed by atoms with Crippen molar-refractivity contribution >= 4 is 11.6 Å². The summed E-state index contributed by atoms with van der Waals surface area (Å²) in [6.45, 7) is 5.64. The van der Waals surface area contributed by atoms with E-state index in [4.69, 9.17) is 4.74 Å². The van der Waals surface area contributed by atoms with Crippen LogP contribution in [-0.2, 0) is 16.1 Å². The number of para-hydroxylation sites is 1. The smallest absolute Gasteiger partial charge is 0.247 e. The molecular formula is C17H23N5O2. The molecule has 7 nitrogen and oxygen atoms in total. The van der Waals surface area contributed by atoms with Crippen LogP contribution in [0.4, 0.5) is 5.69 Å². The summed E-state index contributed by atoms with van der Waals surface area (Å²) < 4.78 is 7.01. The van der Waals surface area contributed by atoms with Crippen LogP contribution in [-0.4, -0.2) is 58.9 Å². The average molecular weight is 329 g/mol. The molecule has 2 heterocycles. The van der Waals surface area contributed by atoms with E-state index in [9.17, 15) is 4.79 Å². The van der Waals surface area contributed by atoms with Crippen LogP contribution >= 0.6 is 0 Å². The summed E-state index contributed by atoms with van der Waals surface area (Å²) in [4.78, 5) is 20.6. The number of nitrogens with zero attached hydrogens (tertiary/aromatic N) is 5. The van der Waals surface area contributed by atoms with Crippen LogP contribution in [0.25, 0.3) is 0 Å². The topological polar surface area (TPSA) is 63.5 Å². The van der Waals surface area contributed by atoms with E-state index in [1.54, 1.807) is 15.9 Å². The van der Waals surface area contributed by atoms with Crippen LogP contribution in [0.5, 0.6) is 0 Å². The molecule has 2 aromatic rings. The van der Waals surface area contributed by atoms with Gasteiger partial charge in [-0.25, -0.2) is 9.67 Å². The predicted molar refractivity (Wildman–Crippen MR) is 90.7 cm³/mol. The molecule has 0 bridgehead atoms. The fourth-order valence-electron chi connectivity index (χ4n) is 2.94. The number of ether oxygens (including phenoxy) is 1. The number of rotatable bonds is 5. The highest BCUT2D eigenvalue weighted by Crippen LogP contribution is 2.23. The fraction of sp³-hybridized carbons (Fsp3) is 0.471. The Balaban J connectivity index is 1.72. The summed E-state index contributed by atoms with van der Waals surface area (Å²) in [7, 11) is 1.83. The Hall–Kier alpha value is -2.41. The monoisotopic (exact) mass is 329 g/mol. The Morgan fingerprint density at radius 3 is 2.79 bits per heavy atom. The third kappa shape index (κ3) is 3.56. The zero-order valence-electron chi connectivity index (χ0n) is 14.1. The van der Waals surface area contributed by atoms with Gasteiger partial charge in [0.15, 0.2) is 0 Å². The van der Waals surface area contributed by atoms with Gasteiger partial charge in [-0.1, -0.05) is 18.2 Å². The molecule has 1 aliphatic heterocycles. The van der Waals surface area contributed by atoms with E-state index >= 15 is 0 Å². The standard InChI is InChI=1S/C17H23N5O2/c1-14(22-13-18-12-19-22)17(23)20(2)11-15-5-3-4-6-16(15)21-7-9-24-10-8-21/h3-6,12-14H,7-11H2,1-2H3/t14-/m1/s1. The van der Waals surface area contributed by atoms with Crippen LogP contribution in [0.15, 0.2) is 36.9 Å². The van der Waals surface area contributed by atoms with E-state index in [0.29, 0.717) is 6.54 Å². The zero-order chi connectivity index (χ0) is 16.9. The van der Waals surface area contributed by atoms with Gasteiger partial charge in [0, 0.05) is 32.4 Å². The van der Waals surface area contributed by atoms with Crippen molar-refractivity contribution in [2.75, 3.05) is 38.3 Å². The van der Waals surface area contributed by atoms with Crippen LogP contribution in [0.1, 0.15) is 18.5 Å². The molecule has 0 spiro atoms. The van der Waals surface area contributed by atoms with Crippen molar-refractivity contribution in [1.82, 2.24) is 19.7 Å². The maximum absolute atomic E-state index is 12.6. The first-order chi connectivity index (χ1) is 11.7. The average Bonchev–Trinajstić information content (AvgIpc) is 3.16. The number of aromatic nitrogens is 3. The molecule has 1 amide bonds. The lowest BCUT2D eigenvalue weighted by Gasteiger charge is -2.31. The number of carbonyl (C=O) groups excluding carboxylic acids is 1. The Morgan fingerprint density at radius 2 is 2.08 bits per heavy atom. The molecule has 24 heavy (non-hydrogen) atoms. The lowest BCUT2D eigenvalue weighted by Crippen LogP contribution is -2.38. The van der Waals surface area contributed by atoms with Gasteiger partial charge in [0.25, 0.3) is 0 Å². The van der Waals surface area contributed by atoms with Crippen molar-refractivity contribution in [1.29, 1.82) is 0 Å². The predicted octanol–water partition coefficient (Wildman–Crippen LogP) is 1.33. The number of carbonyl (C=O) groups is 1. The molecule has 0 aliphatic carbocycles. The van der Waals surface area contributed by atoms with Crippen molar-refractivity contribution in [2.24, 2.45) is 0 Å². The maximum atomic E-state index is 12.6. The Morgan fingerprint density at radius 1 is 1.33 bits per heavy atom. The highest BCUT2D eigenvalue weighted by atomic mass is 16.5. The normalized spacial score (nSPS) is 16.0. The molecule has 7 heteroatoms. The van der Waals surface area contributed by atoms with Gasteiger partial charge in [0.1, 0.15) is 18.7 Å². The van der Waals surface area contributed by atoms with Crippen molar-refractivity contribution in [2.45, 2.75) is 19.5 Å². The summed E-state index contributed by atoms with van der Waals surface area (Å²) in [6, 6.07) is 7.87. The van der Waals surface area contributed by atoms with Crippen LogP contribution < -0.4 is 4.90 Å². The minimum absolute atomic E-state index is 0.0114. The first kappa shape index (κ1) is 16.4. The van der Waals surface area contributed by atoms with Crippen molar-refractivity contribution in [3.63, 3.8) is 0 Å². The summed E-state index contributed by atoms with van der Waals surface area (Å²) in [5, 5.41) is 4.05. The molecule has 1 saturated heterocycles. The summed E-state index contributed by atoms with van der Waals surface area (Å²) in [5.41, 5.74) is 2.31. The molecule has 1 aromatic heterocycles. The minimum atomic E-state index is -0.368. The quantitative estimate of drug-likeness (QED) is 0.828. The number of hydrogen-bond donors (Lipinski definition) is 0. The van der Waals surface area contributed by atoms with Crippen LogP contribution in [0.2, 0.25) is 0 Å². The molecule has 0 unspecified atom stereocenters. The second kappa shape index (κ2) is 7.44. The summed E-state index contributed by atoms with van der Waals surface area (Å²) in [5.74, 6) is 0.0114. The number of hydrogen-bond acceptors (Lipinski definition) is 5. The van der Waals surface area contributed by atoms with E-state index in [-0.39, 0.29) is 11.9 Å². The van der Waals surface area contributed by atoms with Crippen LogP contribution in [0.3, 0.4) is 0 Å². The Labute approximate surface area is 141 Å². The molecule has 1 atom stereocenters. The van der Waals surface area contributed by atoms with Gasteiger partial charge >= 0.3 is 0 Å². The van der Waals surface area contributed by atoms with Gasteiger partial charge in [-0.15, -0.1) is 0 Å². The summed E-state index contributed by atoms with van der Waals surface area (Å²) >= 11 is 0. The molecule has 128 valence electrons. The molecule has 0 radical (unpaired) electrons. The van der Waals surface area contributed by atoms with Crippen molar-refractivity contribution < 1.29 is 9.53 Å². The number of benzene rings is 1. The third-order valence-electron chi connectivity index (χ3n) is 4.32. The van der Waals surface area contributed by atoms with Gasteiger partial charge in [0.05, 0.1) is 13.2 Å². The van der Waals surface area contributed by atoms with Gasteiger partial charge in [-0.2, -0.15) is 5.10 Å². The molecule has 1 aromatic carbocycles. The third-order valence-corrected chi connectivity index (χ3v) is 4.32. The zero-order valence-corrected chi connectivity index (χ0v) is 14.1. The number of likely N-dealkylation sites (N-methyl/N-ethyl adjacent to an activating group) is 1. The summed E-state index contributed by atoms with van der Waals surface area (Å²) in [6.07, 6.45) is 3.01. The minimum Gasteiger partial charge on any atom is -0.378 e. The second-order valence-corrected chi connectivity index (χ2v) is 5.97. The lowest BCUT2D eigenvalue weighted by molar-refractivity contribution is -0.133. The van der Waals surface area contributed by atoms with Crippen molar-refractivity contribution in [3.8, 4) is 0 Å². The van der Waals surface area contributed by atoms with E-state index < -0.39 is 0 Å². The molecule has 0 N–H and O–H groups in total. The van der Waals surface area contributed by atoms with Gasteiger partial charge in [-0.3, -0.25) is 4.79 Å².